The van der Waals surface area contributed by atoms with E-state index in [9.17, 15) is 23.5 Å². The maximum absolute atomic E-state index is 13.4. The van der Waals surface area contributed by atoms with Crippen LogP contribution in [0.1, 0.15) is 6.92 Å². The number of aliphatic carboxylic acids is 1. The first kappa shape index (κ1) is 16.3. The van der Waals surface area contributed by atoms with Gasteiger partial charge in [-0.05, 0) is 28.9 Å². The van der Waals surface area contributed by atoms with Crippen LogP contribution in [0.5, 0.6) is 0 Å². The van der Waals surface area contributed by atoms with Crippen LogP contribution in [-0.2, 0) is 4.79 Å². The summed E-state index contributed by atoms with van der Waals surface area (Å²) in [7, 11) is 0. The summed E-state index contributed by atoms with van der Waals surface area (Å²) in [5.41, 5.74) is -0.342. The fourth-order valence-corrected chi connectivity index (χ4v) is 1.65. The Labute approximate surface area is 120 Å². The first-order chi connectivity index (χ1) is 9.22. The van der Waals surface area contributed by atoms with E-state index in [2.05, 4.69) is 15.9 Å². The van der Waals surface area contributed by atoms with Gasteiger partial charge in [-0.25, -0.2) is 18.4 Å². The molecule has 0 aliphatic heterocycles. The highest BCUT2D eigenvalue weighted by Gasteiger charge is 2.25. The molecule has 0 saturated carbocycles. The number of hydrogen-bond acceptors (Lipinski definition) is 3. The third-order valence-electron chi connectivity index (χ3n) is 2.29. The molecule has 0 aromatic heterocycles. The fourth-order valence-electron chi connectivity index (χ4n) is 1.31. The van der Waals surface area contributed by atoms with Crippen LogP contribution in [-0.4, -0.2) is 34.4 Å². The number of halogens is 3. The number of amides is 2. The maximum atomic E-state index is 13.4. The Morgan fingerprint density at radius 2 is 1.90 bits per heavy atom. The quantitative estimate of drug-likeness (QED) is 0.619. The van der Waals surface area contributed by atoms with E-state index in [0.717, 1.165) is 6.07 Å². The SMILES string of the molecule is CC(O)C(NC(=O)Nc1cc(Br)c(F)cc1F)C(=O)O. The van der Waals surface area contributed by atoms with E-state index in [4.69, 9.17) is 5.11 Å². The van der Waals surface area contributed by atoms with Gasteiger partial charge in [0, 0.05) is 6.07 Å². The minimum absolute atomic E-state index is 0.0699. The van der Waals surface area contributed by atoms with Crippen molar-refractivity contribution in [3.05, 3.63) is 28.2 Å². The molecule has 9 heteroatoms. The number of aliphatic hydroxyl groups is 1. The number of carbonyl (C=O) groups excluding carboxylic acids is 1. The fraction of sp³-hybridized carbons (Fsp3) is 0.273. The topological polar surface area (TPSA) is 98.7 Å². The van der Waals surface area contributed by atoms with Crippen molar-refractivity contribution < 1.29 is 28.6 Å². The van der Waals surface area contributed by atoms with Crippen molar-refractivity contribution in [1.82, 2.24) is 5.32 Å². The second-order valence-corrected chi connectivity index (χ2v) is 4.76. The summed E-state index contributed by atoms with van der Waals surface area (Å²) in [6.07, 6.45) is -1.34. The highest BCUT2D eigenvalue weighted by molar-refractivity contribution is 9.10. The lowest BCUT2D eigenvalue weighted by Crippen LogP contribution is -2.49. The Morgan fingerprint density at radius 1 is 1.30 bits per heavy atom. The number of urea groups is 1. The van der Waals surface area contributed by atoms with Crippen molar-refractivity contribution in [3.63, 3.8) is 0 Å². The van der Waals surface area contributed by atoms with Crippen LogP contribution in [0.25, 0.3) is 0 Å². The van der Waals surface area contributed by atoms with Crippen LogP contribution >= 0.6 is 15.9 Å². The van der Waals surface area contributed by atoms with E-state index in [-0.39, 0.29) is 10.2 Å². The van der Waals surface area contributed by atoms with Gasteiger partial charge in [0.25, 0.3) is 0 Å². The molecule has 0 saturated heterocycles. The van der Waals surface area contributed by atoms with Crippen molar-refractivity contribution in [1.29, 1.82) is 0 Å². The van der Waals surface area contributed by atoms with Gasteiger partial charge in [0.1, 0.15) is 11.6 Å². The van der Waals surface area contributed by atoms with Gasteiger partial charge in [0.2, 0.25) is 0 Å². The molecule has 0 bridgehead atoms. The second-order valence-electron chi connectivity index (χ2n) is 3.90. The number of carboxylic acid groups (broad SMARTS) is 1. The van der Waals surface area contributed by atoms with E-state index < -0.39 is 35.8 Å². The third kappa shape index (κ3) is 4.14. The first-order valence-electron chi connectivity index (χ1n) is 5.35. The Morgan fingerprint density at radius 3 is 2.40 bits per heavy atom. The van der Waals surface area contributed by atoms with Gasteiger partial charge in [0.15, 0.2) is 6.04 Å². The van der Waals surface area contributed by atoms with Crippen molar-refractivity contribution in [2.24, 2.45) is 0 Å². The molecular formula is C11H11BrF2N2O4. The number of benzene rings is 1. The zero-order valence-electron chi connectivity index (χ0n) is 10.2. The predicted molar refractivity (Wildman–Crippen MR) is 69.3 cm³/mol. The van der Waals surface area contributed by atoms with Crippen molar-refractivity contribution in [3.8, 4) is 0 Å². The summed E-state index contributed by atoms with van der Waals surface area (Å²) in [6, 6.07) is -1.05. The Kier molecular flexibility index (Phi) is 5.40. The molecule has 2 unspecified atom stereocenters. The smallest absolute Gasteiger partial charge is 0.328 e. The lowest BCUT2D eigenvalue weighted by molar-refractivity contribution is -0.141. The average Bonchev–Trinajstić information content (AvgIpc) is 2.32. The van der Waals surface area contributed by atoms with Gasteiger partial charge in [-0.1, -0.05) is 0 Å². The van der Waals surface area contributed by atoms with Gasteiger partial charge < -0.3 is 20.8 Å². The van der Waals surface area contributed by atoms with Gasteiger partial charge in [-0.3, -0.25) is 0 Å². The molecule has 0 aliphatic carbocycles. The standard InChI is InChI=1S/C11H11BrF2N2O4/c1-4(17)9(10(18)19)16-11(20)15-8-2-5(12)6(13)3-7(8)14/h2-4,9,17H,1H3,(H,18,19)(H2,15,16,20). The molecule has 1 aromatic rings. The third-order valence-corrected chi connectivity index (χ3v) is 2.90. The number of carbonyl (C=O) groups is 2. The summed E-state index contributed by atoms with van der Waals surface area (Å²) >= 11 is 2.82. The van der Waals surface area contributed by atoms with E-state index in [1.807, 2.05) is 10.6 Å². The zero-order valence-corrected chi connectivity index (χ0v) is 11.7. The van der Waals surface area contributed by atoms with Crippen LogP contribution in [0, 0.1) is 11.6 Å². The molecule has 4 N–H and O–H groups in total. The molecular weight excluding hydrogens is 342 g/mol. The predicted octanol–water partition coefficient (Wildman–Crippen LogP) is 1.68. The van der Waals surface area contributed by atoms with Crippen LogP contribution < -0.4 is 10.6 Å². The molecule has 1 aromatic carbocycles. The van der Waals surface area contributed by atoms with Crippen molar-refractivity contribution in [2.75, 3.05) is 5.32 Å². The minimum atomic E-state index is -1.55. The number of anilines is 1. The minimum Gasteiger partial charge on any atom is -0.480 e. The summed E-state index contributed by atoms with van der Waals surface area (Å²) in [5.74, 6) is -3.32. The molecule has 6 nitrogen and oxygen atoms in total. The van der Waals surface area contributed by atoms with Gasteiger partial charge in [-0.2, -0.15) is 0 Å². The normalized spacial score (nSPS) is 13.4. The zero-order chi connectivity index (χ0) is 15.4. The number of nitrogens with one attached hydrogen (secondary N) is 2. The summed E-state index contributed by atoms with van der Waals surface area (Å²) < 4.78 is 26.3. The molecule has 0 fully saturated rings. The highest BCUT2D eigenvalue weighted by Crippen LogP contribution is 2.23. The van der Waals surface area contributed by atoms with E-state index in [0.29, 0.717) is 6.07 Å². The largest absolute Gasteiger partial charge is 0.480 e. The van der Waals surface area contributed by atoms with E-state index >= 15 is 0 Å². The Bertz CT molecular complexity index is 539. The number of hydrogen-bond donors (Lipinski definition) is 4. The van der Waals surface area contributed by atoms with Crippen LogP contribution in [0.2, 0.25) is 0 Å². The molecule has 0 radical (unpaired) electrons. The first-order valence-corrected chi connectivity index (χ1v) is 6.14. The summed E-state index contributed by atoms with van der Waals surface area (Å²) in [6.45, 7) is 1.17. The molecule has 110 valence electrons. The number of aliphatic hydroxyl groups excluding tert-OH is 1. The van der Waals surface area contributed by atoms with Crippen LogP contribution in [0.4, 0.5) is 19.3 Å². The van der Waals surface area contributed by atoms with E-state index in [1.165, 1.54) is 6.92 Å². The number of carboxylic acids is 1. The highest BCUT2D eigenvalue weighted by atomic mass is 79.9. The van der Waals surface area contributed by atoms with Gasteiger partial charge in [0.05, 0.1) is 16.3 Å². The van der Waals surface area contributed by atoms with Crippen molar-refractivity contribution >= 4 is 33.6 Å². The Balaban J connectivity index is 2.81. The van der Waals surface area contributed by atoms with Gasteiger partial charge >= 0.3 is 12.0 Å². The van der Waals surface area contributed by atoms with Crippen LogP contribution in [0.3, 0.4) is 0 Å². The van der Waals surface area contributed by atoms with Crippen LogP contribution in [0.15, 0.2) is 16.6 Å². The molecule has 0 aliphatic rings. The van der Waals surface area contributed by atoms with Gasteiger partial charge in [-0.15, -0.1) is 0 Å². The number of rotatable bonds is 4. The lowest BCUT2D eigenvalue weighted by atomic mass is 10.2. The monoisotopic (exact) mass is 352 g/mol. The molecule has 0 heterocycles. The molecule has 20 heavy (non-hydrogen) atoms. The molecule has 0 spiro atoms. The Hall–Kier alpha value is -1.74. The lowest BCUT2D eigenvalue weighted by Gasteiger charge is -2.17. The molecule has 1 rings (SSSR count). The van der Waals surface area contributed by atoms with Crippen molar-refractivity contribution in [2.45, 2.75) is 19.1 Å². The molecule has 2 amide bonds. The van der Waals surface area contributed by atoms with E-state index in [1.54, 1.807) is 0 Å². The summed E-state index contributed by atoms with van der Waals surface area (Å²) in [5, 5.41) is 21.9. The average molecular weight is 353 g/mol. The second kappa shape index (κ2) is 6.62. The maximum Gasteiger partial charge on any atom is 0.328 e. The summed E-state index contributed by atoms with van der Waals surface area (Å²) in [4.78, 5) is 22.3. The molecule has 2 atom stereocenters.